The summed E-state index contributed by atoms with van der Waals surface area (Å²) in [6.45, 7) is 8.28. The first-order valence-corrected chi connectivity index (χ1v) is 4.41. The molecule has 0 fully saturated rings. The third-order valence-corrected chi connectivity index (χ3v) is 1.20. The largest absolute Gasteiger partial charge is 0.370 e. The summed E-state index contributed by atoms with van der Waals surface area (Å²) < 4.78 is 0. The van der Waals surface area contributed by atoms with E-state index >= 15 is 0 Å². The van der Waals surface area contributed by atoms with Gasteiger partial charge in [0.15, 0.2) is 0 Å². The second-order valence-electron chi connectivity index (χ2n) is 2.75. The molecule has 0 aromatic rings. The number of hydrogen-bond acceptors (Lipinski definition) is 1. The highest BCUT2D eigenvalue weighted by atomic mass is 16.1. The summed E-state index contributed by atoms with van der Waals surface area (Å²) in [5, 5.41) is 0. The number of primary amides is 1. The van der Waals surface area contributed by atoms with Crippen LogP contribution in [0.5, 0.6) is 0 Å². The molecular formula is C9H23NO. The number of nitrogens with two attached hydrogens (primary N) is 1. The van der Waals surface area contributed by atoms with Gasteiger partial charge in [-0.25, -0.2) is 0 Å². The number of carbonyl (C=O) groups is 1. The molecule has 0 saturated carbocycles. The van der Waals surface area contributed by atoms with Crippen molar-refractivity contribution in [3.05, 3.63) is 0 Å². The van der Waals surface area contributed by atoms with Crippen molar-refractivity contribution in [3.63, 3.8) is 0 Å². The summed E-state index contributed by atoms with van der Waals surface area (Å²) in [7, 11) is 0. The van der Waals surface area contributed by atoms with Crippen LogP contribution in [0.15, 0.2) is 0 Å². The molecule has 11 heavy (non-hydrogen) atoms. The smallest absolute Gasteiger partial charge is 0.217 e. The third kappa shape index (κ3) is 17.7. The average molecular weight is 161 g/mol. The summed E-state index contributed by atoms with van der Waals surface area (Å²) in [4.78, 5) is 10.2. The SMILES string of the molecule is CC.CC(C)CCCC(N)=O.[HH]. The Morgan fingerprint density at radius 1 is 1.45 bits per heavy atom. The van der Waals surface area contributed by atoms with Crippen molar-refractivity contribution >= 4 is 5.91 Å². The fraction of sp³-hybridized carbons (Fsp3) is 0.889. The maximum absolute atomic E-state index is 10.2. The topological polar surface area (TPSA) is 43.1 Å². The van der Waals surface area contributed by atoms with E-state index in [1.165, 1.54) is 0 Å². The van der Waals surface area contributed by atoms with Gasteiger partial charge in [-0.2, -0.15) is 0 Å². The van der Waals surface area contributed by atoms with E-state index in [1.807, 2.05) is 13.8 Å². The zero-order chi connectivity index (χ0) is 9.28. The molecule has 0 aliphatic heterocycles. The van der Waals surface area contributed by atoms with Crippen LogP contribution in [0.2, 0.25) is 0 Å². The van der Waals surface area contributed by atoms with Gasteiger partial charge in [0.1, 0.15) is 0 Å². The van der Waals surface area contributed by atoms with Gasteiger partial charge in [-0.05, 0) is 12.3 Å². The molecule has 0 atom stereocenters. The van der Waals surface area contributed by atoms with Crippen LogP contribution in [0, 0.1) is 5.92 Å². The van der Waals surface area contributed by atoms with Crippen LogP contribution >= 0.6 is 0 Å². The van der Waals surface area contributed by atoms with Gasteiger partial charge in [-0.1, -0.05) is 34.1 Å². The first-order chi connectivity index (χ1) is 5.13. The maximum Gasteiger partial charge on any atom is 0.217 e. The minimum absolute atomic E-state index is 0. The molecule has 0 rings (SSSR count). The molecule has 0 aromatic heterocycles. The minimum Gasteiger partial charge on any atom is -0.370 e. The van der Waals surface area contributed by atoms with Gasteiger partial charge in [0, 0.05) is 7.85 Å². The summed E-state index contributed by atoms with van der Waals surface area (Å²) in [6.07, 6.45) is 2.58. The molecule has 2 nitrogen and oxygen atoms in total. The van der Waals surface area contributed by atoms with E-state index in [9.17, 15) is 4.79 Å². The molecule has 2 heteroatoms. The van der Waals surface area contributed by atoms with E-state index < -0.39 is 0 Å². The van der Waals surface area contributed by atoms with Crippen molar-refractivity contribution in [1.82, 2.24) is 0 Å². The lowest BCUT2D eigenvalue weighted by Crippen LogP contribution is -2.09. The molecule has 0 spiro atoms. The van der Waals surface area contributed by atoms with Gasteiger partial charge in [-0.3, -0.25) is 4.79 Å². The lowest BCUT2D eigenvalue weighted by molar-refractivity contribution is -0.118. The Morgan fingerprint density at radius 3 is 2.18 bits per heavy atom. The second-order valence-corrected chi connectivity index (χ2v) is 2.75. The van der Waals surface area contributed by atoms with Crippen LogP contribution in [-0.2, 0) is 4.79 Å². The predicted molar refractivity (Wildman–Crippen MR) is 51.3 cm³/mol. The lowest BCUT2D eigenvalue weighted by atomic mass is 10.1. The molecule has 0 bridgehead atoms. The second kappa shape index (κ2) is 9.47. The lowest BCUT2D eigenvalue weighted by Gasteiger charge is -2.00. The summed E-state index contributed by atoms with van der Waals surface area (Å²) in [5.74, 6) is 0.500. The van der Waals surface area contributed by atoms with Gasteiger partial charge in [0.25, 0.3) is 0 Å². The third-order valence-electron chi connectivity index (χ3n) is 1.20. The first kappa shape index (κ1) is 13.1. The van der Waals surface area contributed by atoms with Crippen molar-refractivity contribution in [1.29, 1.82) is 0 Å². The molecule has 2 N–H and O–H groups in total. The van der Waals surface area contributed by atoms with E-state index in [1.54, 1.807) is 0 Å². The van der Waals surface area contributed by atoms with E-state index in [2.05, 4.69) is 13.8 Å². The Kier molecular flexibility index (Phi) is 11.3. The van der Waals surface area contributed by atoms with E-state index in [0.29, 0.717) is 12.3 Å². The van der Waals surface area contributed by atoms with Crippen molar-refractivity contribution in [2.24, 2.45) is 11.7 Å². The normalized spacial score (nSPS) is 8.82. The van der Waals surface area contributed by atoms with Gasteiger partial charge in [-0.15, -0.1) is 0 Å². The molecule has 0 aliphatic rings. The Hall–Kier alpha value is -0.530. The fourth-order valence-electron chi connectivity index (χ4n) is 0.685. The van der Waals surface area contributed by atoms with Crippen molar-refractivity contribution in [2.75, 3.05) is 0 Å². The summed E-state index contributed by atoms with van der Waals surface area (Å²) in [5.41, 5.74) is 4.94. The molecule has 0 saturated heterocycles. The number of rotatable bonds is 4. The van der Waals surface area contributed by atoms with E-state index in [4.69, 9.17) is 5.73 Å². The Labute approximate surface area is 71.7 Å². The van der Waals surface area contributed by atoms with Crippen LogP contribution in [0.3, 0.4) is 0 Å². The van der Waals surface area contributed by atoms with Gasteiger partial charge >= 0.3 is 0 Å². The van der Waals surface area contributed by atoms with Gasteiger partial charge < -0.3 is 5.73 Å². The highest BCUT2D eigenvalue weighted by molar-refractivity contribution is 5.73. The highest BCUT2D eigenvalue weighted by Gasteiger charge is 1.96. The number of carbonyl (C=O) groups excluding carboxylic acids is 1. The van der Waals surface area contributed by atoms with Crippen LogP contribution in [0.4, 0.5) is 0 Å². The van der Waals surface area contributed by atoms with Crippen LogP contribution < -0.4 is 5.73 Å². The Morgan fingerprint density at radius 2 is 1.91 bits per heavy atom. The van der Waals surface area contributed by atoms with Crippen LogP contribution in [0.25, 0.3) is 0 Å². The molecule has 0 heterocycles. The van der Waals surface area contributed by atoms with Crippen molar-refractivity contribution < 1.29 is 6.22 Å². The quantitative estimate of drug-likeness (QED) is 0.676. The Bertz CT molecular complexity index is 94.5. The van der Waals surface area contributed by atoms with E-state index in [0.717, 1.165) is 12.8 Å². The standard InChI is InChI=1S/C7H15NO.C2H6.H2/c1-6(2)4-3-5-7(8)9;1-2;/h6H,3-5H2,1-2H3,(H2,8,9);1-2H3;1H. The summed E-state index contributed by atoms with van der Waals surface area (Å²) >= 11 is 0. The summed E-state index contributed by atoms with van der Waals surface area (Å²) in [6, 6.07) is 0. The van der Waals surface area contributed by atoms with Crippen molar-refractivity contribution in [2.45, 2.75) is 47.0 Å². The number of hydrogen-bond donors (Lipinski definition) is 1. The van der Waals surface area contributed by atoms with Gasteiger partial charge in [0.05, 0.1) is 0 Å². The van der Waals surface area contributed by atoms with Crippen molar-refractivity contribution in [3.8, 4) is 0 Å². The molecular weight excluding hydrogens is 138 g/mol. The Balaban J connectivity index is -0.000000249. The highest BCUT2D eigenvalue weighted by Crippen LogP contribution is 2.04. The first-order valence-electron chi connectivity index (χ1n) is 4.41. The van der Waals surface area contributed by atoms with Gasteiger partial charge in [0.2, 0.25) is 5.91 Å². The zero-order valence-corrected chi connectivity index (χ0v) is 8.18. The minimum atomic E-state index is -0.185. The fourth-order valence-corrected chi connectivity index (χ4v) is 0.685. The molecule has 0 unspecified atom stereocenters. The number of amides is 1. The van der Waals surface area contributed by atoms with Crippen LogP contribution in [0.1, 0.15) is 48.4 Å². The molecule has 70 valence electrons. The predicted octanol–water partition coefficient (Wildman–Crippen LogP) is 2.57. The maximum atomic E-state index is 10.2. The monoisotopic (exact) mass is 161 g/mol. The molecule has 0 aliphatic carbocycles. The molecule has 0 radical (unpaired) electrons. The molecule has 0 aromatic carbocycles. The average Bonchev–Trinajstić information content (AvgIpc) is 1.90. The molecule has 1 amide bonds. The van der Waals surface area contributed by atoms with E-state index in [-0.39, 0.29) is 7.33 Å². The van der Waals surface area contributed by atoms with Crippen LogP contribution in [-0.4, -0.2) is 5.91 Å². The zero-order valence-electron chi connectivity index (χ0n) is 8.18.